The minimum Gasteiger partial charge on any atom is -0.392 e. The minimum atomic E-state index is -0.168. The van der Waals surface area contributed by atoms with Crippen molar-refractivity contribution in [3.05, 3.63) is 0 Å². The van der Waals surface area contributed by atoms with Crippen LogP contribution >= 0.6 is 0 Å². The molecule has 0 saturated heterocycles. The lowest BCUT2D eigenvalue weighted by molar-refractivity contribution is 0.165. The summed E-state index contributed by atoms with van der Waals surface area (Å²) in [5, 5.41) is 12.5. The molecule has 0 aliphatic carbocycles. The van der Waals surface area contributed by atoms with Gasteiger partial charge < -0.3 is 10.4 Å². The third-order valence-electron chi connectivity index (χ3n) is 2.13. The fourth-order valence-electron chi connectivity index (χ4n) is 1.24. The van der Waals surface area contributed by atoms with E-state index in [0.717, 1.165) is 25.4 Å². The average molecular weight is 173 g/mol. The maximum Gasteiger partial charge on any atom is 0.0662 e. The van der Waals surface area contributed by atoms with E-state index in [-0.39, 0.29) is 6.10 Å². The Balaban J connectivity index is 3.18. The van der Waals surface area contributed by atoms with Gasteiger partial charge in [0.15, 0.2) is 0 Å². The summed E-state index contributed by atoms with van der Waals surface area (Å²) in [4.78, 5) is 0. The Morgan fingerprint density at radius 2 is 1.92 bits per heavy atom. The zero-order valence-electron chi connectivity index (χ0n) is 8.64. The SMILES string of the molecule is CCCC(C)CNCC(O)CC. The Hall–Kier alpha value is -0.0800. The zero-order chi connectivity index (χ0) is 9.40. The van der Waals surface area contributed by atoms with Gasteiger partial charge in [0.05, 0.1) is 6.10 Å². The molecule has 0 aromatic rings. The highest BCUT2D eigenvalue weighted by Gasteiger charge is 2.02. The van der Waals surface area contributed by atoms with Crippen LogP contribution in [0.15, 0.2) is 0 Å². The molecule has 2 atom stereocenters. The molecule has 0 aliphatic heterocycles. The standard InChI is InChI=1S/C10H23NO/c1-4-6-9(3)7-11-8-10(12)5-2/h9-12H,4-8H2,1-3H3. The Kier molecular flexibility index (Phi) is 7.51. The topological polar surface area (TPSA) is 32.3 Å². The predicted octanol–water partition coefficient (Wildman–Crippen LogP) is 1.78. The largest absolute Gasteiger partial charge is 0.392 e. The molecule has 2 unspecified atom stereocenters. The van der Waals surface area contributed by atoms with Crippen molar-refractivity contribution in [1.82, 2.24) is 5.32 Å². The van der Waals surface area contributed by atoms with Crippen molar-refractivity contribution in [2.24, 2.45) is 5.92 Å². The van der Waals surface area contributed by atoms with Crippen LogP contribution in [-0.2, 0) is 0 Å². The molecule has 0 spiro atoms. The molecule has 12 heavy (non-hydrogen) atoms. The maximum absolute atomic E-state index is 9.24. The number of aliphatic hydroxyl groups excluding tert-OH is 1. The van der Waals surface area contributed by atoms with Gasteiger partial charge in [-0.25, -0.2) is 0 Å². The Labute approximate surface area is 76.4 Å². The monoisotopic (exact) mass is 173 g/mol. The number of rotatable bonds is 7. The van der Waals surface area contributed by atoms with Gasteiger partial charge in [0.2, 0.25) is 0 Å². The van der Waals surface area contributed by atoms with Crippen LogP contribution in [0.4, 0.5) is 0 Å². The molecule has 2 heteroatoms. The molecule has 0 saturated carbocycles. The molecular weight excluding hydrogens is 150 g/mol. The molecular formula is C10H23NO. The first-order valence-corrected chi connectivity index (χ1v) is 5.09. The summed E-state index contributed by atoms with van der Waals surface area (Å²) in [6.45, 7) is 8.23. The van der Waals surface area contributed by atoms with E-state index in [1.54, 1.807) is 0 Å². The van der Waals surface area contributed by atoms with E-state index in [2.05, 4.69) is 19.2 Å². The molecule has 0 aromatic carbocycles. The lowest BCUT2D eigenvalue weighted by Crippen LogP contribution is -2.29. The summed E-state index contributed by atoms with van der Waals surface area (Å²) in [5.41, 5.74) is 0. The van der Waals surface area contributed by atoms with Gasteiger partial charge in [-0.05, 0) is 25.3 Å². The fraction of sp³-hybridized carbons (Fsp3) is 1.00. The first kappa shape index (κ1) is 11.9. The van der Waals surface area contributed by atoms with Gasteiger partial charge in [0.1, 0.15) is 0 Å². The van der Waals surface area contributed by atoms with Crippen molar-refractivity contribution in [3.63, 3.8) is 0 Å². The van der Waals surface area contributed by atoms with E-state index in [9.17, 15) is 5.11 Å². The molecule has 0 aliphatic rings. The normalized spacial score (nSPS) is 16.0. The molecule has 2 nitrogen and oxygen atoms in total. The van der Waals surface area contributed by atoms with Crippen LogP contribution in [0, 0.1) is 5.92 Å². The van der Waals surface area contributed by atoms with Crippen LogP contribution in [0.25, 0.3) is 0 Å². The highest BCUT2D eigenvalue weighted by molar-refractivity contribution is 4.60. The van der Waals surface area contributed by atoms with Gasteiger partial charge >= 0.3 is 0 Å². The van der Waals surface area contributed by atoms with E-state index >= 15 is 0 Å². The van der Waals surface area contributed by atoms with E-state index in [4.69, 9.17) is 0 Å². The predicted molar refractivity (Wildman–Crippen MR) is 53.2 cm³/mol. The van der Waals surface area contributed by atoms with Crippen LogP contribution in [0.2, 0.25) is 0 Å². The highest BCUT2D eigenvalue weighted by atomic mass is 16.3. The fourth-order valence-corrected chi connectivity index (χ4v) is 1.24. The van der Waals surface area contributed by atoms with Gasteiger partial charge in [-0.2, -0.15) is 0 Å². The van der Waals surface area contributed by atoms with Gasteiger partial charge in [0, 0.05) is 6.54 Å². The van der Waals surface area contributed by atoms with E-state index in [0.29, 0.717) is 0 Å². The Bertz CT molecular complexity index is 95.8. The lowest BCUT2D eigenvalue weighted by atomic mass is 10.1. The van der Waals surface area contributed by atoms with Crippen molar-refractivity contribution in [1.29, 1.82) is 0 Å². The van der Waals surface area contributed by atoms with Crippen molar-refractivity contribution in [3.8, 4) is 0 Å². The maximum atomic E-state index is 9.24. The van der Waals surface area contributed by atoms with Crippen LogP contribution in [0.1, 0.15) is 40.0 Å². The van der Waals surface area contributed by atoms with Crippen molar-refractivity contribution in [2.45, 2.75) is 46.1 Å². The summed E-state index contributed by atoms with van der Waals surface area (Å²) < 4.78 is 0. The summed E-state index contributed by atoms with van der Waals surface area (Å²) in [6.07, 6.45) is 3.20. The quantitative estimate of drug-likeness (QED) is 0.615. The summed E-state index contributed by atoms with van der Waals surface area (Å²) in [7, 11) is 0. The third kappa shape index (κ3) is 6.62. The van der Waals surface area contributed by atoms with Gasteiger partial charge in [0.25, 0.3) is 0 Å². The van der Waals surface area contributed by atoms with Gasteiger partial charge in [-0.15, -0.1) is 0 Å². The van der Waals surface area contributed by atoms with Crippen LogP contribution in [0.5, 0.6) is 0 Å². The van der Waals surface area contributed by atoms with Crippen LogP contribution in [0.3, 0.4) is 0 Å². The van der Waals surface area contributed by atoms with Gasteiger partial charge in [-0.1, -0.05) is 27.2 Å². The van der Waals surface area contributed by atoms with E-state index in [1.807, 2.05) is 6.92 Å². The highest BCUT2D eigenvalue weighted by Crippen LogP contribution is 2.02. The van der Waals surface area contributed by atoms with Crippen molar-refractivity contribution >= 4 is 0 Å². The minimum absolute atomic E-state index is 0.168. The van der Waals surface area contributed by atoms with Crippen molar-refractivity contribution in [2.75, 3.05) is 13.1 Å². The third-order valence-corrected chi connectivity index (χ3v) is 2.13. The average Bonchev–Trinajstić information content (AvgIpc) is 2.04. The molecule has 0 rings (SSSR count). The number of hydrogen-bond acceptors (Lipinski definition) is 2. The van der Waals surface area contributed by atoms with Crippen LogP contribution in [-0.4, -0.2) is 24.3 Å². The molecule has 0 heterocycles. The smallest absolute Gasteiger partial charge is 0.0662 e. The second kappa shape index (κ2) is 7.56. The molecule has 0 fully saturated rings. The van der Waals surface area contributed by atoms with Gasteiger partial charge in [-0.3, -0.25) is 0 Å². The number of hydrogen-bond donors (Lipinski definition) is 2. The molecule has 74 valence electrons. The second-order valence-corrected chi connectivity index (χ2v) is 3.61. The zero-order valence-corrected chi connectivity index (χ0v) is 8.64. The first-order chi connectivity index (χ1) is 5.70. The first-order valence-electron chi connectivity index (χ1n) is 5.09. The Morgan fingerprint density at radius 1 is 1.25 bits per heavy atom. The summed E-state index contributed by atoms with van der Waals surface area (Å²) >= 11 is 0. The van der Waals surface area contributed by atoms with E-state index < -0.39 is 0 Å². The Morgan fingerprint density at radius 3 is 2.42 bits per heavy atom. The number of aliphatic hydroxyl groups is 1. The molecule has 2 N–H and O–H groups in total. The molecule has 0 amide bonds. The van der Waals surface area contributed by atoms with Crippen molar-refractivity contribution < 1.29 is 5.11 Å². The number of nitrogens with one attached hydrogen (secondary N) is 1. The molecule has 0 radical (unpaired) electrons. The summed E-state index contributed by atoms with van der Waals surface area (Å²) in [5.74, 6) is 0.735. The summed E-state index contributed by atoms with van der Waals surface area (Å²) in [6, 6.07) is 0. The van der Waals surface area contributed by atoms with E-state index in [1.165, 1.54) is 12.8 Å². The molecule has 0 bridgehead atoms. The lowest BCUT2D eigenvalue weighted by Gasteiger charge is -2.13. The molecule has 0 aromatic heterocycles. The second-order valence-electron chi connectivity index (χ2n) is 3.61. The van der Waals surface area contributed by atoms with Crippen LogP contribution < -0.4 is 5.32 Å².